The Kier molecular flexibility index (Phi) is 8.06. The number of non-ortho nitro benzene ring substituents is 1. The first-order chi connectivity index (χ1) is 10.5. The summed E-state index contributed by atoms with van der Waals surface area (Å²) in [6.07, 6.45) is 5.87. The number of anilines is 1. The summed E-state index contributed by atoms with van der Waals surface area (Å²) in [6.45, 7) is 2.15. The van der Waals surface area contributed by atoms with Gasteiger partial charge in [0, 0.05) is 24.2 Å². The molecule has 7 heteroatoms. The second-order valence-electron chi connectivity index (χ2n) is 4.97. The molecule has 0 fully saturated rings. The van der Waals surface area contributed by atoms with Gasteiger partial charge in [-0.1, -0.05) is 32.6 Å². The van der Waals surface area contributed by atoms with Crippen molar-refractivity contribution in [2.45, 2.75) is 45.4 Å². The summed E-state index contributed by atoms with van der Waals surface area (Å²) in [4.78, 5) is 21.8. The quantitative estimate of drug-likeness (QED) is 0.329. The minimum atomic E-state index is -0.470. The monoisotopic (exact) mass is 323 g/mol. The van der Waals surface area contributed by atoms with E-state index in [9.17, 15) is 14.9 Å². The Balaban J connectivity index is 2.30. The van der Waals surface area contributed by atoms with E-state index in [2.05, 4.69) is 17.6 Å². The number of unbranched alkanes of at least 4 members (excludes halogenated alkanes) is 4. The number of nitro groups is 1. The first-order valence-electron chi connectivity index (χ1n) is 7.38. The molecule has 120 valence electrons. The van der Waals surface area contributed by atoms with Crippen LogP contribution in [0.3, 0.4) is 0 Å². The van der Waals surface area contributed by atoms with Crippen molar-refractivity contribution in [3.8, 4) is 0 Å². The van der Waals surface area contributed by atoms with Crippen LogP contribution < -0.4 is 10.6 Å². The molecule has 6 nitrogen and oxygen atoms in total. The maximum absolute atomic E-state index is 11.7. The van der Waals surface area contributed by atoms with E-state index in [-0.39, 0.29) is 16.7 Å². The number of amides is 1. The summed E-state index contributed by atoms with van der Waals surface area (Å²) in [6, 6.07) is 5.84. The first kappa shape index (κ1) is 18.0. The number of thiocarbonyl (C=S) groups is 1. The molecule has 0 aliphatic heterocycles. The molecular formula is C15H21N3O3S. The molecule has 0 aromatic heterocycles. The zero-order valence-electron chi connectivity index (χ0n) is 12.6. The summed E-state index contributed by atoms with van der Waals surface area (Å²) >= 11 is 5.04. The van der Waals surface area contributed by atoms with Gasteiger partial charge in [0.2, 0.25) is 5.91 Å². The number of nitrogens with zero attached hydrogens (tertiary/aromatic N) is 1. The minimum Gasteiger partial charge on any atom is -0.332 e. The van der Waals surface area contributed by atoms with Crippen molar-refractivity contribution in [2.24, 2.45) is 0 Å². The highest BCUT2D eigenvalue weighted by molar-refractivity contribution is 7.80. The Hall–Kier alpha value is -2.02. The summed E-state index contributed by atoms with van der Waals surface area (Å²) in [7, 11) is 0. The predicted octanol–water partition coefficient (Wildman–Crippen LogP) is 3.77. The molecule has 0 unspecified atom stereocenters. The largest absolute Gasteiger partial charge is 0.332 e. The van der Waals surface area contributed by atoms with E-state index < -0.39 is 4.92 Å². The van der Waals surface area contributed by atoms with Crippen LogP contribution in [-0.2, 0) is 4.79 Å². The number of hydrogen-bond donors (Lipinski definition) is 2. The highest BCUT2D eigenvalue weighted by Crippen LogP contribution is 2.15. The molecule has 1 rings (SSSR count). The predicted molar refractivity (Wildman–Crippen MR) is 90.8 cm³/mol. The number of carbonyl (C=O) groups is 1. The van der Waals surface area contributed by atoms with Gasteiger partial charge in [-0.15, -0.1) is 0 Å². The van der Waals surface area contributed by atoms with Crippen LogP contribution >= 0.6 is 12.2 Å². The molecule has 0 saturated carbocycles. The summed E-state index contributed by atoms with van der Waals surface area (Å²) in [5.41, 5.74) is 0.603. The van der Waals surface area contributed by atoms with Crippen molar-refractivity contribution in [3.05, 3.63) is 34.4 Å². The van der Waals surface area contributed by atoms with Crippen LogP contribution in [0.15, 0.2) is 24.3 Å². The lowest BCUT2D eigenvalue weighted by molar-refractivity contribution is -0.384. The smallest absolute Gasteiger partial charge is 0.269 e. The molecule has 2 N–H and O–H groups in total. The lowest BCUT2D eigenvalue weighted by Gasteiger charge is -2.09. The lowest BCUT2D eigenvalue weighted by atomic mass is 10.1. The van der Waals surface area contributed by atoms with Gasteiger partial charge in [0.15, 0.2) is 5.11 Å². The fourth-order valence-electron chi connectivity index (χ4n) is 1.91. The van der Waals surface area contributed by atoms with Gasteiger partial charge >= 0.3 is 0 Å². The number of benzene rings is 1. The van der Waals surface area contributed by atoms with E-state index in [1.165, 1.54) is 25.0 Å². The normalized spacial score (nSPS) is 10.0. The zero-order valence-corrected chi connectivity index (χ0v) is 13.4. The topological polar surface area (TPSA) is 84.3 Å². The summed E-state index contributed by atoms with van der Waals surface area (Å²) < 4.78 is 0. The van der Waals surface area contributed by atoms with Crippen LogP contribution in [-0.4, -0.2) is 15.9 Å². The van der Waals surface area contributed by atoms with Gasteiger partial charge < -0.3 is 10.6 Å². The Morgan fingerprint density at radius 2 is 1.82 bits per heavy atom. The van der Waals surface area contributed by atoms with Crippen LogP contribution in [0, 0.1) is 10.1 Å². The Labute approximate surface area is 135 Å². The third kappa shape index (κ3) is 7.12. The third-order valence-corrected chi connectivity index (χ3v) is 3.30. The van der Waals surface area contributed by atoms with Gasteiger partial charge in [0.05, 0.1) is 4.92 Å². The van der Waals surface area contributed by atoms with E-state index in [0.29, 0.717) is 12.1 Å². The Bertz CT molecular complexity index is 517. The number of hydrogen-bond acceptors (Lipinski definition) is 4. The van der Waals surface area contributed by atoms with Gasteiger partial charge in [-0.05, 0) is 30.8 Å². The maximum atomic E-state index is 11.7. The van der Waals surface area contributed by atoms with E-state index in [1.54, 1.807) is 12.1 Å². The van der Waals surface area contributed by atoms with Crippen molar-refractivity contribution in [3.63, 3.8) is 0 Å². The first-order valence-corrected chi connectivity index (χ1v) is 7.79. The number of rotatable bonds is 8. The third-order valence-electron chi connectivity index (χ3n) is 3.10. The zero-order chi connectivity index (χ0) is 16.4. The number of carbonyl (C=O) groups excluding carboxylic acids is 1. The van der Waals surface area contributed by atoms with Gasteiger partial charge in [-0.25, -0.2) is 0 Å². The molecular weight excluding hydrogens is 302 g/mol. The van der Waals surface area contributed by atoms with Crippen LogP contribution in [0.25, 0.3) is 0 Å². The molecule has 0 radical (unpaired) electrons. The molecule has 0 spiro atoms. The fraction of sp³-hybridized carbons (Fsp3) is 0.467. The molecule has 1 aromatic carbocycles. The van der Waals surface area contributed by atoms with Crippen LogP contribution in [0.1, 0.15) is 45.4 Å². The molecule has 0 bridgehead atoms. The van der Waals surface area contributed by atoms with Crippen molar-refractivity contribution in [1.29, 1.82) is 0 Å². The van der Waals surface area contributed by atoms with Crippen LogP contribution in [0.2, 0.25) is 0 Å². The van der Waals surface area contributed by atoms with E-state index in [4.69, 9.17) is 12.2 Å². The van der Waals surface area contributed by atoms with Crippen molar-refractivity contribution in [1.82, 2.24) is 5.32 Å². The van der Waals surface area contributed by atoms with Crippen molar-refractivity contribution < 1.29 is 9.72 Å². The lowest BCUT2D eigenvalue weighted by Crippen LogP contribution is -2.33. The Morgan fingerprint density at radius 3 is 2.41 bits per heavy atom. The second-order valence-corrected chi connectivity index (χ2v) is 5.38. The fourth-order valence-corrected chi connectivity index (χ4v) is 2.14. The highest BCUT2D eigenvalue weighted by atomic mass is 32.1. The standard InChI is InChI=1S/C15H21N3O3S/c1-2-3-4-5-6-7-14(19)17-15(22)16-12-8-10-13(11-9-12)18(20)21/h8-11H,2-7H2,1H3,(H2,16,17,19,22). The van der Waals surface area contributed by atoms with Crippen molar-refractivity contribution in [2.75, 3.05) is 5.32 Å². The number of nitrogens with one attached hydrogen (secondary N) is 2. The molecule has 0 heterocycles. The Morgan fingerprint density at radius 1 is 1.18 bits per heavy atom. The average molecular weight is 323 g/mol. The van der Waals surface area contributed by atoms with Crippen molar-refractivity contribution >= 4 is 34.6 Å². The SMILES string of the molecule is CCCCCCCC(=O)NC(=S)Nc1ccc([N+](=O)[O-])cc1. The molecule has 0 aliphatic carbocycles. The van der Waals surface area contributed by atoms with E-state index in [0.717, 1.165) is 19.3 Å². The highest BCUT2D eigenvalue weighted by Gasteiger charge is 2.07. The molecule has 1 amide bonds. The summed E-state index contributed by atoms with van der Waals surface area (Å²) in [5.74, 6) is -0.115. The molecule has 1 aromatic rings. The van der Waals surface area contributed by atoms with Gasteiger partial charge in [-0.2, -0.15) is 0 Å². The average Bonchev–Trinajstić information content (AvgIpc) is 2.47. The molecule has 22 heavy (non-hydrogen) atoms. The number of nitro benzene ring substituents is 1. The van der Waals surface area contributed by atoms with Crippen LogP contribution in [0.5, 0.6) is 0 Å². The molecule has 0 aliphatic rings. The van der Waals surface area contributed by atoms with E-state index >= 15 is 0 Å². The molecule has 0 atom stereocenters. The van der Waals surface area contributed by atoms with Crippen LogP contribution in [0.4, 0.5) is 11.4 Å². The van der Waals surface area contributed by atoms with Gasteiger partial charge in [-0.3, -0.25) is 14.9 Å². The van der Waals surface area contributed by atoms with Gasteiger partial charge in [0.1, 0.15) is 0 Å². The second kappa shape index (κ2) is 9.83. The van der Waals surface area contributed by atoms with E-state index in [1.807, 2.05) is 0 Å². The van der Waals surface area contributed by atoms with Gasteiger partial charge in [0.25, 0.3) is 5.69 Å². The summed E-state index contributed by atoms with van der Waals surface area (Å²) in [5, 5.41) is 16.2. The maximum Gasteiger partial charge on any atom is 0.269 e. The molecule has 0 saturated heterocycles. The minimum absolute atomic E-state index is 0.00702.